The molecular formula is C31H18Cl2N4O2. The SMILES string of the molecule is CC(C)(c1ccc(Oc2ccc(C#N)c(C#N)c2)c(Cl)c1)c1ccc(Oc2ccc(C#N)c(C#N)c2)c(Cl)c1. The lowest BCUT2D eigenvalue weighted by atomic mass is 9.78. The number of ether oxygens (including phenoxy) is 2. The van der Waals surface area contributed by atoms with Gasteiger partial charge >= 0.3 is 0 Å². The zero-order valence-electron chi connectivity index (χ0n) is 20.8. The molecule has 0 bridgehead atoms. The topological polar surface area (TPSA) is 114 Å². The fraction of sp³-hybridized carbons (Fsp3) is 0.0968. The lowest BCUT2D eigenvalue weighted by Crippen LogP contribution is -2.19. The first kappa shape index (κ1) is 27.1. The van der Waals surface area contributed by atoms with Crippen LogP contribution in [-0.2, 0) is 5.41 Å². The second-order valence-electron chi connectivity index (χ2n) is 8.98. The fourth-order valence-electron chi connectivity index (χ4n) is 3.92. The van der Waals surface area contributed by atoms with Gasteiger partial charge in [0.15, 0.2) is 0 Å². The van der Waals surface area contributed by atoms with Crippen molar-refractivity contribution in [1.82, 2.24) is 0 Å². The van der Waals surface area contributed by atoms with E-state index in [2.05, 4.69) is 0 Å². The third-order valence-corrected chi connectivity index (χ3v) is 6.82. The smallest absolute Gasteiger partial charge is 0.146 e. The standard InChI is InChI=1S/C31H18Cl2N4O2/c1-31(2,23-5-9-29(27(32)13-23)38-25-7-3-19(15-34)21(11-25)17-36)24-6-10-30(28(33)14-24)39-26-8-4-20(16-35)22(12-26)18-37/h3-14H,1-2H3. The molecule has 0 amide bonds. The summed E-state index contributed by atoms with van der Waals surface area (Å²) < 4.78 is 11.8. The molecule has 0 unspecified atom stereocenters. The van der Waals surface area contributed by atoms with Gasteiger partial charge in [-0.15, -0.1) is 0 Å². The van der Waals surface area contributed by atoms with Gasteiger partial charge in [0.25, 0.3) is 0 Å². The molecule has 0 aromatic heterocycles. The van der Waals surface area contributed by atoms with Crippen LogP contribution in [0, 0.1) is 45.3 Å². The molecule has 4 aromatic rings. The van der Waals surface area contributed by atoms with E-state index in [9.17, 15) is 10.5 Å². The highest BCUT2D eigenvalue weighted by molar-refractivity contribution is 6.32. The Morgan fingerprint density at radius 2 is 0.923 bits per heavy atom. The zero-order valence-corrected chi connectivity index (χ0v) is 22.3. The van der Waals surface area contributed by atoms with Gasteiger partial charge < -0.3 is 9.47 Å². The van der Waals surface area contributed by atoms with Crippen LogP contribution < -0.4 is 9.47 Å². The van der Waals surface area contributed by atoms with Gasteiger partial charge in [0.05, 0.1) is 32.3 Å². The van der Waals surface area contributed by atoms with Crippen LogP contribution in [0.15, 0.2) is 72.8 Å². The molecule has 188 valence electrons. The Kier molecular flexibility index (Phi) is 7.76. The minimum absolute atomic E-state index is 0.220. The van der Waals surface area contributed by atoms with Gasteiger partial charge in [-0.2, -0.15) is 21.0 Å². The van der Waals surface area contributed by atoms with Crippen molar-refractivity contribution in [1.29, 1.82) is 21.0 Å². The van der Waals surface area contributed by atoms with Gasteiger partial charge in [-0.3, -0.25) is 0 Å². The van der Waals surface area contributed by atoms with E-state index in [0.29, 0.717) is 33.0 Å². The average Bonchev–Trinajstić information content (AvgIpc) is 2.94. The number of nitrogens with zero attached hydrogens (tertiary/aromatic N) is 4. The molecule has 0 spiro atoms. The number of nitriles is 4. The summed E-state index contributed by atoms with van der Waals surface area (Å²) >= 11 is 13.1. The molecule has 0 aliphatic heterocycles. The van der Waals surface area contributed by atoms with Crippen molar-refractivity contribution in [2.45, 2.75) is 19.3 Å². The minimum atomic E-state index is -0.491. The fourth-order valence-corrected chi connectivity index (χ4v) is 4.36. The van der Waals surface area contributed by atoms with E-state index in [1.807, 2.05) is 62.4 Å². The molecule has 0 aliphatic rings. The molecule has 0 aliphatic carbocycles. The maximum Gasteiger partial charge on any atom is 0.146 e. The van der Waals surface area contributed by atoms with E-state index in [1.165, 1.54) is 24.3 Å². The highest BCUT2D eigenvalue weighted by Crippen LogP contribution is 2.40. The van der Waals surface area contributed by atoms with Crippen LogP contribution in [0.1, 0.15) is 47.2 Å². The van der Waals surface area contributed by atoms with Crippen molar-refractivity contribution in [3.05, 3.63) is 116 Å². The van der Waals surface area contributed by atoms with Crippen LogP contribution in [0.3, 0.4) is 0 Å². The molecule has 0 saturated carbocycles. The third kappa shape index (κ3) is 5.65. The molecule has 8 heteroatoms. The van der Waals surface area contributed by atoms with E-state index >= 15 is 0 Å². The number of rotatable bonds is 6. The molecular weight excluding hydrogens is 531 g/mol. The van der Waals surface area contributed by atoms with Crippen molar-refractivity contribution in [3.63, 3.8) is 0 Å². The Hall–Kier alpha value is -4.98. The molecule has 0 heterocycles. The lowest BCUT2D eigenvalue weighted by Gasteiger charge is -2.27. The van der Waals surface area contributed by atoms with Gasteiger partial charge in [0, 0.05) is 5.41 Å². The summed E-state index contributed by atoms with van der Waals surface area (Å²) in [7, 11) is 0. The summed E-state index contributed by atoms with van der Waals surface area (Å²) in [6, 6.07) is 28.1. The van der Waals surface area contributed by atoms with E-state index in [4.69, 9.17) is 43.2 Å². The van der Waals surface area contributed by atoms with Gasteiger partial charge in [-0.1, -0.05) is 49.2 Å². The second kappa shape index (κ2) is 11.2. The summed E-state index contributed by atoms with van der Waals surface area (Å²) in [5.41, 5.74) is 2.31. The summed E-state index contributed by atoms with van der Waals surface area (Å²) in [4.78, 5) is 0. The van der Waals surface area contributed by atoms with E-state index in [1.54, 1.807) is 24.3 Å². The van der Waals surface area contributed by atoms with Gasteiger partial charge in [-0.05, 0) is 71.8 Å². The van der Waals surface area contributed by atoms with Crippen LogP contribution in [-0.4, -0.2) is 0 Å². The summed E-state index contributed by atoms with van der Waals surface area (Å²) in [5, 5.41) is 37.5. The molecule has 0 saturated heterocycles. The monoisotopic (exact) mass is 548 g/mol. The first-order valence-corrected chi connectivity index (χ1v) is 12.3. The lowest BCUT2D eigenvalue weighted by molar-refractivity contribution is 0.481. The molecule has 4 aromatic carbocycles. The summed E-state index contributed by atoms with van der Waals surface area (Å²) in [6.07, 6.45) is 0. The third-order valence-electron chi connectivity index (χ3n) is 6.23. The molecule has 6 nitrogen and oxygen atoms in total. The molecule has 0 atom stereocenters. The van der Waals surface area contributed by atoms with Crippen LogP contribution in [0.4, 0.5) is 0 Å². The Bertz CT molecular complexity index is 1640. The zero-order chi connectivity index (χ0) is 28.2. The summed E-state index contributed by atoms with van der Waals surface area (Å²) in [5.74, 6) is 1.61. The van der Waals surface area contributed by atoms with Crippen LogP contribution in [0.25, 0.3) is 0 Å². The van der Waals surface area contributed by atoms with E-state index in [0.717, 1.165) is 11.1 Å². The Labute approximate surface area is 236 Å². The Balaban J connectivity index is 1.57. The molecule has 39 heavy (non-hydrogen) atoms. The molecule has 0 fully saturated rings. The van der Waals surface area contributed by atoms with Crippen LogP contribution in [0.5, 0.6) is 23.0 Å². The van der Waals surface area contributed by atoms with E-state index < -0.39 is 5.41 Å². The van der Waals surface area contributed by atoms with Gasteiger partial charge in [-0.25, -0.2) is 0 Å². The van der Waals surface area contributed by atoms with E-state index in [-0.39, 0.29) is 22.3 Å². The predicted octanol–water partition coefficient (Wildman–Crippen LogP) is 8.39. The highest BCUT2D eigenvalue weighted by Gasteiger charge is 2.25. The van der Waals surface area contributed by atoms with Crippen LogP contribution >= 0.6 is 23.2 Å². The largest absolute Gasteiger partial charge is 0.456 e. The number of hydrogen-bond donors (Lipinski definition) is 0. The first-order valence-electron chi connectivity index (χ1n) is 11.5. The minimum Gasteiger partial charge on any atom is -0.456 e. The second-order valence-corrected chi connectivity index (χ2v) is 9.80. The molecule has 4 rings (SSSR count). The van der Waals surface area contributed by atoms with Crippen molar-refractivity contribution in [2.24, 2.45) is 0 Å². The number of benzene rings is 4. The maximum absolute atomic E-state index is 9.26. The normalized spacial score (nSPS) is 10.5. The van der Waals surface area contributed by atoms with Crippen LogP contribution in [0.2, 0.25) is 10.0 Å². The van der Waals surface area contributed by atoms with Gasteiger partial charge in [0.2, 0.25) is 0 Å². The molecule has 0 radical (unpaired) electrons. The Morgan fingerprint density at radius 3 is 1.26 bits per heavy atom. The van der Waals surface area contributed by atoms with Crippen molar-refractivity contribution >= 4 is 23.2 Å². The van der Waals surface area contributed by atoms with Gasteiger partial charge in [0.1, 0.15) is 47.3 Å². The quantitative estimate of drug-likeness (QED) is 0.239. The number of hydrogen-bond acceptors (Lipinski definition) is 6. The van der Waals surface area contributed by atoms with Crippen molar-refractivity contribution in [2.75, 3.05) is 0 Å². The Morgan fingerprint density at radius 1 is 0.538 bits per heavy atom. The van der Waals surface area contributed by atoms with Crippen molar-refractivity contribution < 1.29 is 9.47 Å². The highest BCUT2D eigenvalue weighted by atomic mass is 35.5. The molecule has 0 N–H and O–H groups in total. The number of halogens is 2. The first-order chi connectivity index (χ1) is 18.7. The van der Waals surface area contributed by atoms with Crippen molar-refractivity contribution in [3.8, 4) is 47.3 Å². The average molecular weight is 549 g/mol. The predicted molar refractivity (Wildman–Crippen MR) is 147 cm³/mol. The summed E-state index contributed by atoms with van der Waals surface area (Å²) in [6.45, 7) is 4.07. The maximum atomic E-state index is 9.26.